The van der Waals surface area contributed by atoms with Gasteiger partial charge in [0, 0.05) is 23.7 Å². The Bertz CT molecular complexity index is 894. The second kappa shape index (κ2) is 10.3. The maximum Gasteiger partial charge on any atom is 0.254 e. The average Bonchev–Trinajstić information content (AvgIpc) is 2.98. The Labute approximate surface area is 179 Å². The van der Waals surface area contributed by atoms with Crippen molar-refractivity contribution >= 4 is 17.5 Å². The lowest BCUT2D eigenvalue weighted by atomic mass is 10.0. The molecule has 1 atom stereocenters. The second-order valence-corrected chi connectivity index (χ2v) is 7.86. The Balaban J connectivity index is 1.89. The molecule has 0 saturated heterocycles. The summed E-state index contributed by atoms with van der Waals surface area (Å²) in [5.74, 6) is 0.502. The van der Waals surface area contributed by atoms with Crippen LogP contribution in [0.4, 0.5) is 5.69 Å². The molecule has 0 unspecified atom stereocenters. The zero-order chi connectivity index (χ0) is 21.5. The van der Waals surface area contributed by atoms with E-state index in [0.717, 1.165) is 54.7 Å². The fraction of sp³-hybridized carbons (Fsp3) is 0.440. The minimum atomic E-state index is -0.632. The van der Waals surface area contributed by atoms with Crippen molar-refractivity contribution in [2.24, 2.45) is 0 Å². The van der Waals surface area contributed by atoms with E-state index in [2.05, 4.69) is 31.3 Å². The Morgan fingerprint density at radius 3 is 2.60 bits per heavy atom. The predicted octanol–water partition coefficient (Wildman–Crippen LogP) is 4.93. The van der Waals surface area contributed by atoms with Gasteiger partial charge in [0.1, 0.15) is 11.8 Å². The Morgan fingerprint density at radius 1 is 1.10 bits per heavy atom. The van der Waals surface area contributed by atoms with Crippen LogP contribution in [-0.4, -0.2) is 18.4 Å². The summed E-state index contributed by atoms with van der Waals surface area (Å²) in [5, 5.41) is 2.84. The van der Waals surface area contributed by atoms with E-state index in [4.69, 9.17) is 4.74 Å². The summed E-state index contributed by atoms with van der Waals surface area (Å²) in [5.41, 5.74) is 3.91. The number of carbonyl (C=O) groups excluding carboxylic acids is 2. The molecule has 160 valence electrons. The zero-order valence-electron chi connectivity index (χ0n) is 18.2. The van der Waals surface area contributed by atoms with Gasteiger partial charge in [0.05, 0.1) is 13.2 Å². The van der Waals surface area contributed by atoms with Crippen LogP contribution in [0.25, 0.3) is 0 Å². The molecule has 0 saturated carbocycles. The molecule has 1 aliphatic heterocycles. The van der Waals surface area contributed by atoms with Crippen LogP contribution in [0.15, 0.2) is 42.5 Å². The van der Waals surface area contributed by atoms with Crippen molar-refractivity contribution in [2.75, 3.05) is 11.5 Å². The van der Waals surface area contributed by atoms with Crippen LogP contribution in [0.2, 0.25) is 0 Å². The molecule has 30 heavy (non-hydrogen) atoms. The molecule has 0 bridgehead atoms. The largest absolute Gasteiger partial charge is 0.493 e. The molecule has 2 amide bonds. The van der Waals surface area contributed by atoms with Gasteiger partial charge in [0.15, 0.2) is 0 Å². The number of unbranched alkanes of at least 4 members (excludes halogenated alkanes) is 2. The summed E-state index contributed by atoms with van der Waals surface area (Å²) in [6, 6.07) is 13.4. The molecule has 0 spiro atoms. The first-order valence-corrected chi connectivity index (χ1v) is 11.0. The third kappa shape index (κ3) is 5.02. The highest BCUT2D eigenvalue weighted by Gasteiger charge is 2.38. The third-order valence-electron chi connectivity index (χ3n) is 5.43. The molecule has 3 rings (SSSR count). The predicted molar refractivity (Wildman–Crippen MR) is 120 cm³/mol. The molecule has 0 aliphatic carbocycles. The second-order valence-electron chi connectivity index (χ2n) is 7.86. The minimum Gasteiger partial charge on any atom is -0.493 e. The number of ether oxygens (including phenoxy) is 1. The fourth-order valence-electron chi connectivity index (χ4n) is 3.80. The first-order chi connectivity index (χ1) is 14.5. The van der Waals surface area contributed by atoms with Crippen LogP contribution in [0, 0.1) is 0 Å². The van der Waals surface area contributed by atoms with Crippen LogP contribution >= 0.6 is 0 Å². The molecule has 5 nitrogen and oxygen atoms in total. The Morgan fingerprint density at radius 2 is 1.87 bits per heavy atom. The van der Waals surface area contributed by atoms with Crippen molar-refractivity contribution in [1.82, 2.24) is 5.32 Å². The number of carbonyl (C=O) groups is 2. The van der Waals surface area contributed by atoms with Crippen LogP contribution in [-0.2, 0) is 22.6 Å². The lowest BCUT2D eigenvalue weighted by molar-refractivity contribution is -0.126. The van der Waals surface area contributed by atoms with Crippen molar-refractivity contribution in [3.05, 3.63) is 59.2 Å². The monoisotopic (exact) mass is 408 g/mol. The van der Waals surface area contributed by atoms with Crippen molar-refractivity contribution in [1.29, 1.82) is 0 Å². The highest BCUT2D eigenvalue weighted by atomic mass is 16.5. The van der Waals surface area contributed by atoms with E-state index < -0.39 is 6.04 Å². The van der Waals surface area contributed by atoms with Gasteiger partial charge >= 0.3 is 0 Å². The highest BCUT2D eigenvalue weighted by Crippen LogP contribution is 2.38. The lowest BCUT2D eigenvalue weighted by Gasteiger charge is -2.20. The summed E-state index contributed by atoms with van der Waals surface area (Å²) < 4.78 is 5.96. The van der Waals surface area contributed by atoms with Gasteiger partial charge in [-0.15, -0.1) is 0 Å². The molecule has 1 heterocycles. The van der Waals surface area contributed by atoms with Gasteiger partial charge in [0.2, 0.25) is 5.91 Å². The summed E-state index contributed by atoms with van der Waals surface area (Å²) in [4.78, 5) is 26.8. The van der Waals surface area contributed by atoms with E-state index in [1.54, 1.807) is 4.90 Å². The van der Waals surface area contributed by atoms with Crippen LogP contribution in [0.5, 0.6) is 5.75 Å². The highest BCUT2D eigenvalue weighted by molar-refractivity contribution is 6.06. The number of nitrogens with one attached hydrogen (secondary N) is 1. The van der Waals surface area contributed by atoms with E-state index >= 15 is 0 Å². The fourth-order valence-corrected chi connectivity index (χ4v) is 3.80. The molecular formula is C25H32N2O3. The summed E-state index contributed by atoms with van der Waals surface area (Å²) in [6.45, 7) is 6.82. The van der Waals surface area contributed by atoms with Crippen LogP contribution < -0.4 is 15.0 Å². The maximum atomic E-state index is 13.3. The Kier molecular flexibility index (Phi) is 7.50. The first kappa shape index (κ1) is 21.9. The molecule has 2 aromatic carbocycles. The van der Waals surface area contributed by atoms with Gasteiger partial charge in [-0.3, -0.25) is 9.59 Å². The van der Waals surface area contributed by atoms with Crippen molar-refractivity contribution in [2.45, 2.75) is 65.5 Å². The molecular weight excluding hydrogens is 376 g/mol. The number of fused-ring (bicyclic) bond motifs is 1. The molecule has 1 N–H and O–H groups in total. The minimum absolute atomic E-state index is 0.101. The first-order valence-electron chi connectivity index (χ1n) is 11.0. The van der Waals surface area contributed by atoms with Crippen molar-refractivity contribution in [3.8, 4) is 5.75 Å². The van der Waals surface area contributed by atoms with Gasteiger partial charge in [-0.05, 0) is 37.0 Å². The number of rotatable bonds is 10. The normalized spacial score (nSPS) is 15.2. The zero-order valence-corrected chi connectivity index (χ0v) is 18.2. The SMILES string of the molecule is CCCCOc1ccccc1CN1C(=O)[C@@H](NC(C)=O)c2cc(CCCC)ccc21. The summed E-state index contributed by atoms with van der Waals surface area (Å²) in [6.07, 6.45) is 5.25. The van der Waals surface area contributed by atoms with Crippen molar-refractivity contribution < 1.29 is 14.3 Å². The maximum absolute atomic E-state index is 13.3. The van der Waals surface area contributed by atoms with E-state index in [9.17, 15) is 9.59 Å². The molecule has 5 heteroatoms. The Hall–Kier alpha value is -2.82. The van der Waals surface area contributed by atoms with Crippen LogP contribution in [0.3, 0.4) is 0 Å². The number of amides is 2. The topological polar surface area (TPSA) is 58.6 Å². The van der Waals surface area contributed by atoms with Crippen molar-refractivity contribution in [3.63, 3.8) is 0 Å². The number of hydrogen-bond donors (Lipinski definition) is 1. The number of hydrogen-bond acceptors (Lipinski definition) is 3. The van der Waals surface area contributed by atoms with E-state index in [-0.39, 0.29) is 11.8 Å². The van der Waals surface area contributed by atoms with Gasteiger partial charge in [-0.25, -0.2) is 0 Å². The average molecular weight is 409 g/mol. The number of para-hydroxylation sites is 1. The van der Waals surface area contributed by atoms with Gasteiger partial charge < -0.3 is 15.0 Å². The van der Waals surface area contributed by atoms with E-state index in [1.165, 1.54) is 12.5 Å². The summed E-state index contributed by atoms with van der Waals surface area (Å²) in [7, 11) is 0. The van der Waals surface area contributed by atoms with Gasteiger partial charge in [-0.2, -0.15) is 0 Å². The molecule has 0 fully saturated rings. The standard InChI is InChI=1S/C25H32N2O3/c1-4-6-10-19-13-14-22-21(16-19)24(26-18(3)28)25(29)27(22)17-20-11-8-9-12-23(20)30-15-7-5-2/h8-9,11-14,16,24H,4-7,10,15,17H2,1-3H3,(H,26,28)/t24-/m0/s1. The number of aryl methyl sites for hydroxylation is 1. The molecule has 0 aromatic heterocycles. The molecule has 2 aromatic rings. The summed E-state index contributed by atoms with van der Waals surface area (Å²) >= 11 is 0. The number of benzene rings is 2. The van der Waals surface area contributed by atoms with E-state index in [1.807, 2.05) is 30.3 Å². The molecule has 1 aliphatic rings. The quantitative estimate of drug-likeness (QED) is 0.567. The van der Waals surface area contributed by atoms with Gasteiger partial charge in [0.25, 0.3) is 5.91 Å². The van der Waals surface area contributed by atoms with Crippen LogP contribution in [0.1, 0.15) is 69.2 Å². The number of anilines is 1. The van der Waals surface area contributed by atoms with E-state index in [0.29, 0.717) is 13.2 Å². The third-order valence-corrected chi connectivity index (χ3v) is 5.43. The lowest BCUT2D eigenvalue weighted by Crippen LogP contribution is -2.36. The smallest absolute Gasteiger partial charge is 0.254 e. The van der Waals surface area contributed by atoms with Gasteiger partial charge in [-0.1, -0.05) is 57.0 Å². The number of nitrogens with zero attached hydrogens (tertiary/aromatic N) is 1. The molecule has 0 radical (unpaired) electrons.